The van der Waals surface area contributed by atoms with Crippen LogP contribution in [0.15, 0.2) is 42.5 Å². The summed E-state index contributed by atoms with van der Waals surface area (Å²) in [5.41, 5.74) is 2.28. The van der Waals surface area contributed by atoms with Gasteiger partial charge in [0.1, 0.15) is 28.0 Å². The Labute approximate surface area is 234 Å². The van der Waals surface area contributed by atoms with Gasteiger partial charge in [0.15, 0.2) is 0 Å². The molecule has 204 valence electrons. The first kappa shape index (κ1) is 26.2. The van der Waals surface area contributed by atoms with Gasteiger partial charge in [-0.3, -0.25) is 4.90 Å². The van der Waals surface area contributed by atoms with E-state index in [9.17, 15) is 14.3 Å². The number of piperidine rings is 1. The number of fused-ring (bicyclic) bond motifs is 1. The maximum absolute atomic E-state index is 14.1. The molecule has 0 saturated carbocycles. The Morgan fingerprint density at radius 2 is 2.00 bits per heavy atom. The predicted octanol–water partition coefficient (Wildman–Crippen LogP) is 5.73. The van der Waals surface area contributed by atoms with E-state index in [1.54, 1.807) is 24.3 Å². The summed E-state index contributed by atoms with van der Waals surface area (Å²) in [5, 5.41) is 9.76. The van der Waals surface area contributed by atoms with Gasteiger partial charge < -0.3 is 19.1 Å². The van der Waals surface area contributed by atoms with Gasteiger partial charge in [-0.1, -0.05) is 23.7 Å². The van der Waals surface area contributed by atoms with Gasteiger partial charge in [0.2, 0.25) is 5.88 Å². The molecular formula is C28H28ClFN4O4S. The molecule has 0 radical (unpaired) electrons. The summed E-state index contributed by atoms with van der Waals surface area (Å²) in [4.78, 5) is 24.5. The number of carboxylic acid groups (broad SMARTS) is 1. The molecule has 2 saturated heterocycles. The van der Waals surface area contributed by atoms with Gasteiger partial charge in [0.05, 0.1) is 24.7 Å². The van der Waals surface area contributed by atoms with Crippen LogP contribution in [0.2, 0.25) is 5.02 Å². The number of benzene rings is 1. The van der Waals surface area contributed by atoms with Crippen molar-refractivity contribution in [3.8, 4) is 5.88 Å². The van der Waals surface area contributed by atoms with E-state index in [-0.39, 0.29) is 12.7 Å². The monoisotopic (exact) mass is 570 g/mol. The molecule has 1 N–H and O–H groups in total. The van der Waals surface area contributed by atoms with Crippen molar-refractivity contribution in [1.82, 2.24) is 19.4 Å². The van der Waals surface area contributed by atoms with Crippen molar-refractivity contribution in [2.45, 2.75) is 51.0 Å². The van der Waals surface area contributed by atoms with E-state index in [0.717, 1.165) is 60.8 Å². The molecule has 0 bridgehead atoms. The molecule has 0 aliphatic carbocycles. The molecule has 4 aromatic rings. The van der Waals surface area contributed by atoms with Crippen molar-refractivity contribution in [2.75, 3.05) is 19.7 Å². The zero-order valence-electron chi connectivity index (χ0n) is 21.2. The molecule has 0 amide bonds. The average Bonchev–Trinajstić information content (AvgIpc) is 3.45. The lowest BCUT2D eigenvalue weighted by Gasteiger charge is -2.32. The van der Waals surface area contributed by atoms with Crippen LogP contribution < -0.4 is 4.74 Å². The largest absolute Gasteiger partial charge is 0.477 e. The molecule has 0 spiro atoms. The number of imidazole rings is 1. The number of halogens is 2. The predicted molar refractivity (Wildman–Crippen MR) is 146 cm³/mol. The molecule has 6 rings (SSSR count). The zero-order chi connectivity index (χ0) is 26.9. The van der Waals surface area contributed by atoms with Crippen molar-refractivity contribution >= 4 is 39.3 Å². The van der Waals surface area contributed by atoms with Crippen LogP contribution in [0.3, 0.4) is 0 Å². The van der Waals surface area contributed by atoms with E-state index in [2.05, 4.69) is 9.47 Å². The Balaban J connectivity index is 1.09. The van der Waals surface area contributed by atoms with Crippen LogP contribution in [0.5, 0.6) is 5.88 Å². The van der Waals surface area contributed by atoms with E-state index in [1.807, 2.05) is 12.1 Å². The van der Waals surface area contributed by atoms with Gasteiger partial charge in [-0.2, -0.15) is 0 Å². The third-order valence-corrected chi connectivity index (χ3v) is 8.66. The molecule has 3 aromatic heterocycles. The number of likely N-dealkylation sites (tertiary alicyclic amines) is 1. The Bertz CT molecular complexity index is 1500. The van der Waals surface area contributed by atoms with Crippen LogP contribution in [0.4, 0.5) is 4.39 Å². The highest BCUT2D eigenvalue weighted by Gasteiger charge is 2.27. The lowest BCUT2D eigenvalue weighted by molar-refractivity contribution is -0.0592. The lowest BCUT2D eigenvalue weighted by atomic mass is 9.93. The van der Waals surface area contributed by atoms with Crippen LogP contribution in [-0.2, 0) is 24.4 Å². The first-order chi connectivity index (χ1) is 18.9. The first-order valence-corrected chi connectivity index (χ1v) is 14.2. The highest BCUT2D eigenvalue weighted by Crippen LogP contribution is 2.31. The molecule has 5 heterocycles. The van der Waals surface area contributed by atoms with Crippen molar-refractivity contribution in [3.63, 3.8) is 0 Å². The van der Waals surface area contributed by atoms with Crippen molar-refractivity contribution in [2.24, 2.45) is 0 Å². The molecule has 39 heavy (non-hydrogen) atoms. The third kappa shape index (κ3) is 5.79. The minimum atomic E-state index is -0.923. The van der Waals surface area contributed by atoms with Crippen LogP contribution in [0, 0.1) is 5.82 Å². The Morgan fingerprint density at radius 3 is 2.72 bits per heavy atom. The number of ether oxygens (including phenoxy) is 2. The summed E-state index contributed by atoms with van der Waals surface area (Å²) in [6.07, 6.45) is 3.06. The maximum atomic E-state index is 14.1. The zero-order valence-corrected chi connectivity index (χ0v) is 22.8. The maximum Gasteiger partial charge on any atom is 0.346 e. The molecule has 1 aromatic carbocycles. The Hall–Kier alpha value is -3.05. The number of aromatic carboxylic acids is 1. The van der Waals surface area contributed by atoms with E-state index >= 15 is 0 Å². The second-order valence-electron chi connectivity index (χ2n) is 10.0. The Morgan fingerprint density at radius 1 is 1.18 bits per heavy atom. The summed E-state index contributed by atoms with van der Waals surface area (Å²) in [5.74, 6) is 0.416. The second-order valence-corrected chi connectivity index (χ2v) is 11.5. The minimum Gasteiger partial charge on any atom is -0.477 e. The fourth-order valence-electron chi connectivity index (χ4n) is 5.14. The van der Waals surface area contributed by atoms with Gasteiger partial charge in [-0.25, -0.2) is 19.2 Å². The number of hydrogen-bond donors (Lipinski definition) is 1. The summed E-state index contributed by atoms with van der Waals surface area (Å²) >= 11 is 7.06. The number of nitrogens with zero attached hydrogens (tertiary/aromatic N) is 4. The van der Waals surface area contributed by atoms with Crippen molar-refractivity contribution in [1.29, 1.82) is 0 Å². The first-order valence-electron chi connectivity index (χ1n) is 13.0. The SMILES string of the molecule is O=C(O)c1cc2c(nc(CN3CCC(c4cccc(OCc5ccc(Cl)cc5F)n4)CC3)n2C[C@@H]2CCO2)s1. The average molecular weight is 571 g/mol. The topological polar surface area (TPSA) is 89.7 Å². The quantitative estimate of drug-likeness (QED) is 0.275. The summed E-state index contributed by atoms with van der Waals surface area (Å²) < 4.78 is 27.7. The highest BCUT2D eigenvalue weighted by atomic mass is 35.5. The smallest absolute Gasteiger partial charge is 0.346 e. The normalized spacial score (nSPS) is 18.4. The van der Waals surface area contributed by atoms with Gasteiger partial charge in [-0.05, 0) is 56.6 Å². The molecule has 11 heteroatoms. The van der Waals surface area contributed by atoms with Gasteiger partial charge >= 0.3 is 5.97 Å². The van der Waals surface area contributed by atoms with Crippen molar-refractivity contribution < 1.29 is 23.8 Å². The van der Waals surface area contributed by atoms with E-state index in [4.69, 9.17) is 31.0 Å². The van der Waals surface area contributed by atoms with Gasteiger partial charge in [0.25, 0.3) is 0 Å². The number of thiophene rings is 1. The molecule has 2 aliphatic rings. The molecule has 2 fully saturated rings. The molecule has 2 aliphatic heterocycles. The summed E-state index contributed by atoms with van der Waals surface area (Å²) in [6.45, 7) is 4.04. The summed E-state index contributed by atoms with van der Waals surface area (Å²) in [6, 6.07) is 12.0. The number of pyridine rings is 1. The van der Waals surface area contributed by atoms with Crippen LogP contribution in [-0.4, -0.2) is 56.3 Å². The Kier molecular flexibility index (Phi) is 7.53. The van der Waals surface area contributed by atoms with Crippen molar-refractivity contribution in [3.05, 3.63) is 75.3 Å². The summed E-state index contributed by atoms with van der Waals surface area (Å²) in [7, 11) is 0. The standard InChI is InChI=1S/C28H28ClFN4O4S/c29-19-5-4-18(21(30)12-19)16-38-26-3-1-2-22(31-26)17-6-9-33(10-7-17)15-25-32-27-23(13-24(39-27)28(35)36)34(25)14-20-8-11-37-20/h1-5,12-13,17,20H,6-11,14-16H2,(H,35,36)/t20-/m0/s1. The molecule has 1 atom stereocenters. The molecular weight excluding hydrogens is 543 g/mol. The van der Waals surface area contributed by atoms with Gasteiger partial charge in [0, 0.05) is 34.9 Å². The highest BCUT2D eigenvalue weighted by molar-refractivity contribution is 7.20. The fourth-order valence-corrected chi connectivity index (χ4v) is 6.19. The third-order valence-electron chi connectivity index (χ3n) is 7.42. The number of rotatable bonds is 9. The van der Waals surface area contributed by atoms with E-state index in [1.165, 1.54) is 17.4 Å². The van der Waals surface area contributed by atoms with Crippen LogP contribution >= 0.6 is 22.9 Å². The van der Waals surface area contributed by atoms with Gasteiger partial charge in [-0.15, -0.1) is 11.3 Å². The van der Waals surface area contributed by atoms with E-state index < -0.39 is 11.8 Å². The molecule has 0 unspecified atom stereocenters. The van der Waals surface area contributed by atoms with Crippen LogP contribution in [0.1, 0.15) is 51.9 Å². The number of carbonyl (C=O) groups is 1. The second kappa shape index (κ2) is 11.2. The number of hydrogen-bond acceptors (Lipinski definition) is 7. The fraction of sp³-hybridized carbons (Fsp3) is 0.393. The number of carboxylic acids is 1. The number of aromatic nitrogens is 3. The lowest BCUT2D eigenvalue weighted by Crippen LogP contribution is -2.35. The molecule has 8 nitrogen and oxygen atoms in total. The van der Waals surface area contributed by atoms with Crippen LogP contribution in [0.25, 0.3) is 10.3 Å². The minimum absolute atomic E-state index is 0.0852. The van der Waals surface area contributed by atoms with E-state index in [0.29, 0.717) is 40.4 Å².